The van der Waals surface area contributed by atoms with Crippen molar-refractivity contribution in [1.29, 1.82) is 0 Å². The second kappa shape index (κ2) is 8.95. The average molecular weight is 413 g/mol. The Morgan fingerprint density at radius 3 is 2.50 bits per heavy atom. The molecule has 3 rings (SSSR count). The van der Waals surface area contributed by atoms with Crippen LogP contribution in [0.2, 0.25) is 0 Å². The molecule has 4 heteroatoms. The van der Waals surface area contributed by atoms with Crippen molar-refractivity contribution in [2.24, 2.45) is 0 Å². The van der Waals surface area contributed by atoms with E-state index in [-0.39, 0.29) is 5.78 Å². The summed E-state index contributed by atoms with van der Waals surface area (Å²) in [5.74, 6) is -0.298. The summed E-state index contributed by atoms with van der Waals surface area (Å²) in [6.45, 7) is 0. The van der Waals surface area contributed by atoms with Gasteiger partial charge in [0.2, 0.25) is 0 Å². The monoisotopic (exact) mass is 412 g/mol. The van der Waals surface area contributed by atoms with Crippen LogP contribution >= 0.6 is 15.9 Å². The van der Waals surface area contributed by atoms with E-state index in [0.29, 0.717) is 24.0 Å². The predicted molar refractivity (Wildman–Crippen MR) is 105 cm³/mol. The number of ketones is 1. The van der Waals surface area contributed by atoms with Crippen LogP contribution in [0.3, 0.4) is 0 Å². The standard InChI is InChI=1S/C22H21BrO3/c23-18-13-11-17(12-14-18)22(25)26-21(19-8-4-5-9-20(19)24)15-10-16-6-2-1-3-7-16/h1-3,6-8,11-14,21H,4-5,9-10,15H2. The molecule has 0 spiro atoms. The summed E-state index contributed by atoms with van der Waals surface area (Å²) >= 11 is 3.36. The van der Waals surface area contributed by atoms with Crippen LogP contribution in [0.25, 0.3) is 0 Å². The number of carbonyl (C=O) groups excluding carboxylic acids is 2. The third kappa shape index (κ3) is 4.92. The molecule has 0 saturated heterocycles. The molecular formula is C22H21BrO3. The third-order valence-corrected chi connectivity index (χ3v) is 5.04. The highest BCUT2D eigenvalue weighted by atomic mass is 79.9. The third-order valence-electron chi connectivity index (χ3n) is 4.51. The first-order valence-electron chi connectivity index (χ1n) is 8.87. The van der Waals surface area contributed by atoms with Gasteiger partial charge in [0.15, 0.2) is 5.78 Å². The van der Waals surface area contributed by atoms with Gasteiger partial charge in [0, 0.05) is 16.5 Å². The van der Waals surface area contributed by atoms with Crippen molar-refractivity contribution >= 4 is 27.7 Å². The van der Waals surface area contributed by atoms with Gasteiger partial charge in [-0.15, -0.1) is 0 Å². The lowest BCUT2D eigenvalue weighted by molar-refractivity contribution is -0.117. The van der Waals surface area contributed by atoms with Crippen LogP contribution in [0.4, 0.5) is 0 Å². The van der Waals surface area contributed by atoms with Gasteiger partial charge in [-0.25, -0.2) is 4.79 Å². The van der Waals surface area contributed by atoms with Gasteiger partial charge in [0.1, 0.15) is 6.10 Å². The Morgan fingerprint density at radius 1 is 1.08 bits per heavy atom. The largest absolute Gasteiger partial charge is 0.454 e. The first-order valence-corrected chi connectivity index (χ1v) is 9.66. The maximum absolute atomic E-state index is 12.6. The number of rotatable bonds is 6. The number of Topliss-reactive ketones (excluding diaryl/α,β-unsaturated/α-hetero) is 1. The fraction of sp³-hybridized carbons (Fsp3) is 0.273. The van der Waals surface area contributed by atoms with Crippen LogP contribution in [-0.4, -0.2) is 17.9 Å². The highest BCUT2D eigenvalue weighted by molar-refractivity contribution is 9.10. The molecule has 2 aromatic carbocycles. The van der Waals surface area contributed by atoms with Crippen molar-refractivity contribution < 1.29 is 14.3 Å². The van der Waals surface area contributed by atoms with Gasteiger partial charge in [0.05, 0.1) is 5.56 Å². The maximum atomic E-state index is 12.6. The van der Waals surface area contributed by atoms with Gasteiger partial charge in [-0.1, -0.05) is 52.3 Å². The fourth-order valence-electron chi connectivity index (χ4n) is 3.09. The molecule has 2 aromatic rings. The van der Waals surface area contributed by atoms with E-state index in [9.17, 15) is 9.59 Å². The van der Waals surface area contributed by atoms with Crippen LogP contribution < -0.4 is 0 Å². The van der Waals surface area contributed by atoms with Crippen molar-refractivity contribution in [2.45, 2.75) is 38.2 Å². The number of esters is 1. The van der Waals surface area contributed by atoms with Crippen LogP contribution in [0, 0.1) is 0 Å². The van der Waals surface area contributed by atoms with Gasteiger partial charge in [0.25, 0.3) is 0 Å². The zero-order chi connectivity index (χ0) is 18.4. The highest BCUT2D eigenvalue weighted by Gasteiger charge is 2.26. The van der Waals surface area contributed by atoms with Crippen LogP contribution in [0.15, 0.2) is 70.7 Å². The van der Waals surface area contributed by atoms with Crippen molar-refractivity contribution in [2.75, 3.05) is 0 Å². The molecule has 134 valence electrons. The summed E-state index contributed by atoms with van der Waals surface area (Å²) in [7, 11) is 0. The number of aryl methyl sites for hydroxylation is 1. The molecule has 0 radical (unpaired) electrons. The van der Waals surface area contributed by atoms with E-state index in [1.165, 1.54) is 5.56 Å². The minimum atomic E-state index is -0.501. The summed E-state index contributed by atoms with van der Waals surface area (Å²) in [6, 6.07) is 17.1. The topological polar surface area (TPSA) is 43.4 Å². The molecule has 0 amide bonds. The number of ether oxygens (including phenoxy) is 1. The van der Waals surface area contributed by atoms with E-state index in [0.717, 1.165) is 23.7 Å². The van der Waals surface area contributed by atoms with Gasteiger partial charge in [-0.3, -0.25) is 4.79 Å². The zero-order valence-corrected chi connectivity index (χ0v) is 16.1. The SMILES string of the molecule is O=C1CCCC=C1C(CCc1ccccc1)OC(=O)c1ccc(Br)cc1. The number of carbonyl (C=O) groups is 2. The molecule has 0 bridgehead atoms. The Hall–Kier alpha value is -2.20. The molecule has 26 heavy (non-hydrogen) atoms. The highest BCUT2D eigenvalue weighted by Crippen LogP contribution is 2.24. The first kappa shape index (κ1) is 18.6. The molecule has 1 aliphatic carbocycles. The minimum Gasteiger partial charge on any atom is -0.454 e. The lowest BCUT2D eigenvalue weighted by Gasteiger charge is -2.23. The second-order valence-corrected chi connectivity index (χ2v) is 7.32. The van der Waals surface area contributed by atoms with E-state index in [4.69, 9.17) is 4.74 Å². The minimum absolute atomic E-state index is 0.0953. The van der Waals surface area contributed by atoms with Crippen LogP contribution in [0.1, 0.15) is 41.6 Å². The zero-order valence-electron chi connectivity index (χ0n) is 14.5. The van der Waals surface area contributed by atoms with Gasteiger partial charge < -0.3 is 4.74 Å². The lowest BCUT2D eigenvalue weighted by Crippen LogP contribution is -2.27. The number of halogens is 1. The number of benzene rings is 2. The van der Waals surface area contributed by atoms with Crippen molar-refractivity contribution in [1.82, 2.24) is 0 Å². The average Bonchev–Trinajstić information content (AvgIpc) is 2.67. The molecule has 0 aliphatic heterocycles. The Labute approximate surface area is 162 Å². The summed E-state index contributed by atoms with van der Waals surface area (Å²) in [5, 5.41) is 0. The summed E-state index contributed by atoms with van der Waals surface area (Å²) in [6.07, 6.45) is 5.06. The van der Waals surface area contributed by atoms with Gasteiger partial charge in [-0.2, -0.15) is 0 Å². The summed E-state index contributed by atoms with van der Waals surface area (Å²) in [4.78, 5) is 24.9. The molecule has 1 unspecified atom stereocenters. The number of allylic oxidation sites excluding steroid dienone is 1. The molecule has 1 aliphatic rings. The Balaban J connectivity index is 1.75. The number of hydrogen-bond donors (Lipinski definition) is 0. The van der Waals surface area contributed by atoms with E-state index in [2.05, 4.69) is 15.9 Å². The predicted octanol–water partition coefficient (Wildman–Crippen LogP) is 5.29. The molecule has 1 atom stereocenters. The van der Waals surface area contributed by atoms with Gasteiger partial charge >= 0.3 is 5.97 Å². The fourth-order valence-corrected chi connectivity index (χ4v) is 3.36. The molecule has 0 heterocycles. The summed E-state index contributed by atoms with van der Waals surface area (Å²) < 4.78 is 6.67. The molecule has 0 aromatic heterocycles. The number of hydrogen-bond acceptors (Lipinski definition) is 3. The normalized spacial score (nSPS) is 15.3. The molecule has 0 saturated carbocycles. The smallest absolute Gasteiger partial charge is 0.338 e. The van der Waals surface area contributed by atoms with Crippen molar-refractivity contribution in [3.05, 3.63) is 81.8 Å². The lowest BCUT2D eigenvalue weighted by atomic mass is 9.91. The van der Waals surface area contributed by atoms with Crippen LogP contribution in [0.5, 0.6) is 0 Å². The van der Waals surface area contributed by atoms with E-state index < -0.39 is 12.1 Å². The molecule has 0 fully saturated rings. The summed E-state index contributed by atoms with van der Waals surface area (Å²) in [5.41, 5.74) is 2.31. The van der Waals surface area contributed by atoms with E-state index >= 15 is 0 Å². The Bertz CT molecular complexity index is 794. The van der Waals surface area contributed by atoms with Crippen molar-refractivity contribution in [3.8, 4) is 0 Å². The van der Waals surface area contributed by atoms with Crippen molar-refractivity contribution in [3.63, 3.8) is 0 Å². The Morgan fingerprint density at radius 2 is 1.81 bits per heavy atom. The molecular weight excluding hydrogens is 392 g/mol. The van der Waals surface area contributed by atoms with E-state index in [1.54, 1.807) is 24.3 Å². The Kier molecular flexibility index (Phi) is 6.40. The van der Waals surface area contributed by atoms with E-state index in [1.807, 2.05) is 36.4 Å². The molecule has 3 nitrogen and oxygen atoms in total. The second-order valence-electron chi connectivity index (χ2n) is 6.40. The first-order chi connectivity index (χ1) is 12.6. The molecule has 0 N–H and O–H groups in total. The quantitative estimate of drug-likeness (QED) is 0.605. The maximum Gasteiger partial charge on any atom is 0.338 e. The van der Waals surface area contributed by atoms with Gasteiger partial charge in [-0.05, 0) is 55.5 Å². The van der Waals surface area contributed by atoms with Crippen LogP contribution in [-0.2, 0) is 16.0 Å².